The quantitative estimate of drug-likeness (QED) is 0.0970. The molecule has 0 aromatic heterocycles. The Morgan fingerprint density at radius 1 is 0.895 bits per heavy atom. The first kappa shape index (κ1) is 40.6. The third-order valence-corrected chi connectivity index (χ3v) is 10.5. The fraction of sp³-hybridized carbons (Fsp3) is 0.294. The minimum absolute atomic E-state index is 0.0459. The molecule has 0 bridgehead atoms. The van der Waals surface area contributed by atoms with Crippen LogP contribution in [0.5, 0.6) is 23.0 Å². The normalized spacial score (nSPS) is 17.7. The highest BCUT2D eigenvalue weighted by molar-refractivity contribution is 6.47. The van der Waals surface area contributed by atoms with Gasteiger partial charge in [0.05, 0.1) is 16.7 Å². The maximum Gasteiger partial charge on any atom is 0.547 e. The van der Waals surface area contributed by atoms with Crippen LogP contribution >= 0.6 is 23.2 Å². The first-order valence-electron chi connectivity index (χ1n) is 17.0. The molecular formula is C34H31BCl2F2N6O12. The number of rotatable bonds is 7. The number of carbonyl (C=O) groups is 6. The number of benzene rings is 3. The number of amides is 7. The van der Waals surface area contributed by atoms with Crippen molar-refractivity contribution in [1.29, 1.82) is 0 Å². The molecule has 0 unspecified atom stereocenters. The molecule has 3 aromatic carbocycles. The summed E-state index contributed by atoms with van der Waals surface area (Å²) >= 11 is 12.2. The molecule has 0 saturated carbocycles. The van der Waals surface area contributed by atoms with Gasteiger partial charge in [0.25, 0.3) is 0 Å². The first-order valence-corrected chi connectivity index (χ1v) is 17.8. The molecule has 300 valence electrons. The number of anilines is 1. The Balaban J connectivity index is 1.14. The third kappa shape index (κ3) is 7.98. The minimum atomic E-state index is -2.08. The molecule has 0 aliphatic carbocycles. The number of nitrogens with zero attached hydrogens (tertiary/aromatic N) is 3. The fourth-order valence-electron chi connectivity index (χ4n) is 6.73. The van der Waals surface area contributed by atoms with Gasteiger partial charge in [-0.05, 0) is 49.1 Å². The van der Waals surface area contributed by atoms with Gasteiger partial charge in [-0.2, -0.15) is 0 Å². The average molecular weight is 835 g/mol. The number of carboxylic acid groups (broad SMARTS) is 1. The van der Waals surface area contributed by atoms with Gasteiger partial charge in [-0.25, -0.2) is 23.2 Å². The van der Waals surface area contributed by atoms with Crippen LogP contribution in [0.2, 0.25) is 10.0 Å². The van der Waals surface area contributed by atoms with Crippen molar-refractivity contribution in [1.82, 2.24) is 25.3 Å². The molecule has 2 atom stereocenters. The number of urea groups is 2. The maximum atomic E-state index is 14.7. The van der Waals surface area contributed by atoms with Crippen LogP contribution in [0.3, 0.4) is 0 Å². The van der Waals surface area contributed by atoms with Crippen LogP contribution in [0, 0.1) is 11.6 Å². The fourth-order valence-corrected chi connectivity index (χ4v) is 7.15. The van der Waals surface area contributed by atoms with Crippen molar-refractivity contribution in [3.8, 4) is 23.0 Å². The van der Waals surface area contributed by atoms with E-state index in [1.165, 1.54) is 28.0 Å². The second-order valence-electron chi connectivity index (χ2n) is 13.1. The van der Waals surface area contributed by atoms with Crippen molar-refractivity contribution in [2.24, 2.45) is 0 Å². The third-order valence-electron chi connectivity index (χ3n) is 9.70. The van der Waals surface area contributed by atoms with Crippen LogP contribution in [-0.4, -0.2) is 121 Å². The van der Waals surface area contributed by atoms with Gasteiger partial charge in [0.2, 0.25) is 5.91 Å². The lowest BCUT2D eigenvalue weighted by molar-refractivity contribution is -0.156. The van der Waals surface area contributed by atoms with E-state index in [9.17, 15) is 63.0 Å². The van der Waals surface area contributed by atoms with E-state index >= 15 is 0 Å². The highest BCUT2D eigenvalue weighted by Crippen LogP contribution is 2.41. The summed E-state index contributed by atoms with van der Waals surface area (Å²) in [5.41, 5.74) is -1.25. The number of nitrogens with one attached hydrogen (secondary N) is 3. The number of piperazine rings is 1. The lowest BCUT2D eigenvalue weighted by atomic mass is 9.72. The molecule has 3 aromatic rings. The van der Waals surface area contributed by atoms with Gasteiger partial charge in [-0.1, -0.05) is 35.3 Å². The molecule has 57 heavy (non-hydrogen) atoms. The predicted molar refractivity (Wildman–Crippen MR) is 194 cm³/mol. The number of hydrogen-bond donors (Lipinski definition) is 8. The highest BCUT2D eigenvalue weighted by Gasteiger charge is 2.44. The summed E-state index contributed by atoms with van der Waals surface area (Å²) < 4.78 is 34.2. The number of halogens is 4. The lowest BCUT2D eigenvalue weighted by Gasteiger charge is -2.41. The molecule has 18 nitrogen and oxygen atoms in total. The Morgan fingerprint density at radius 3 is 2.28 bits per heavy atom. The van der Waals surface area contributed by atoms with E-state index in [-0.39, 0.29) is 67.5 Å². The van der Waals surface area contributed by atoms with E-state index < -0.39 is 106 Å². The van der Waals surface area contributed by atoms with Crippen molar-refractivity contribution in [3.05, 3.63) is 74.8 Å². The van der Waals surface area contributed by atoms with Crippen molar-refractivity contribution < 1.29 is 67.7 Å². The molecular weight excluding hydrogens is 804 g/mol. The first-order chi connectivity index (χ1) is 27.0. The van der Waals surface area contributed by atoms with Crippen molar-refractivity contribution in [2.45, 2.75) is 37.3 Å². The Kier molecular flexibility index (Phi) is 11.5. The monoisotopic (exact) mass is 834 g/mol. The molecule has 3 aliphatic heterocycles. The Hall–Kier alpha value is -6.06. The largest absolute Gasteiger partial charge is 0.547 e. The van der Waals surface area contributed by atoms with E-state index in [1.54, 1.807) is 0 Å². The van der Waals surface area contributed by atoms with Crippen LogP contribution in [-0.2, 0) is 20.8 Å². The van der Waals surface area contributed by atoms with Crippen LogP contribution in [0.25, 0.3) is 0 Å². The SMILES string of the molecule is O=C(O)c1c(F)ccc2c1OB(O)[C@@H](NC(=O)[C@H](NC(=O)N1CCN(C3CCN(C(=O)Nc4cccc(O)c4Cl)CC3)C(=O)C1=O)c1cc(F)c(O)c(O)c1Cl)C2. The van der Waals surface area contributed by atoms with Crippen molar-refractivity contribution in [3.63, 3.8) is 0 Å². The van der Waals surface area contributed by atoms with Gasteiger partial charge in [0.15, 0.2) is 17.3 Å². The Morgan fingerprint density at radius 2 is 1.60 bits per heavy atom. The van der Waals surface area contributed by atoms with Gasteiger partial charge < -0.3 is 55.9 Å². The van der Waals surface area contributed by atoms with E-state index in [4.69, 9.17) is 27.9 Å². The van der Waals surface area contributed by atoms with Crippen LogP contribution in [0.1, 0.15) is 40.4 Å². The molecule has 3 heterocycles. The number of likely N-dealkylation sites (tertiary alicyclic amines) is 1. The molecule has 3 aliphatic rings. The van der Waals surface area contributed by atoms with Crippen LogP contribution in [0.15, 0.2) is 36.4 Å². The molecule has 8 N–H and O–H groups in total. The van der Waals surface area contributed by atoms with Gasteiger partial charge in [-0.3, -0.25) is 19.3 Å². The molecule has 2 fully saturated rings. The number of imide groups is 1. The molecule has 6 rings (SSSR count). The van der Waals surface area contributed by atoms with E-state index in [1.807, 2.05) is 0 Å². The average Bonchev–Trinajstić information content (AvgIpc) is 3.17. The van der Waals surface area contributed by atoms with Crippen molar-refractivity contribution >= 4 is 71.8 Å². The minimum Gasteiger partial charge on any atom is -0.534 e. The number of carbonyl (C=O) groups excluding carboxylic acids is 5. The van der Waals surface area contributed by atoms with Crippen LogP contribution in [0.4, 0.5) is 24.1 Å². The second-order valence-corrected chi connectivity index (χ2v) is 13.9. The number of carboxylic acids is 1. The predicted octanol–water partition coefficient (Wildman–Crippen LogP) is 2.34. The summed E-state index contributed by atoms with van der Waals surface area (Å²) in [6.07, 6.45) is 0.185. The number of piperidine rings is 1. The van der Waals surface area contributed by atoms with E-state index in [2.05, 4.69) is 16.0 Å². The van der Waals surface area contributed by atoms with E-state index in [0.29, 0.717) is 11.0 Å². The summed E-state index contributed by atoms with van der Waals surface area (Å²) in [7, 11) is -1.98. The maximum absolute atomic E-state index is 14.7. The summed E-state index contributed by atoms with van der Waals surface area (Å²) in [5, 5.41) is 56.3. The zero-order valence-corrected chi connectivity index (χ0v) is 30.7. The summed E-state index contributed by atoms with van der Waals surface area (Å²) in [4.78, 5) is 81.7. The molecule has 0 radical (unpaired) electrons. The van der Waals surface area contributed by atoms with Crippen LogP contribution < -0.4 is 20.6 Å². The lowest BCUT2D eigenvalue weighted by Crippen LogP contribution is -2.62. The number of phenolic OH excluding ortho intramolecular Hbond substituents is 3. The smallest absolute Gasteiger partial charge is 0.534 e. The summed E-state index contributed by atoms with van der Waals surface area (Å²) in [6.45, 7) is -0.179. The second kappa shape index (κ2) is 16.2. The number of aromatic carboxylic acids is 1. The molecule has 0 spiro atoms. The number of fused-ring (bicyclic) bond motifs is 1. The standard InChI is InChI=1S/C34H31BCl2F2N6O12/c36-23-16(13-18(39)26(47)27(23)48)25(29(49)41-21-12-14-4-5-17(38)22(32(52)53)28(14)57-35(21)56)42-34(55)45-11-10-44(30(50)31(45)51)15-6-8-43(9-7-15)33(54)40-19-2-1-3-20(46)24(19)37/h1-5,13,15,21,25,46-48,56H,6-12H2,(H,40,54)(H,41,49)(H,42,55)(H,52,53)/t21-,25+/m0/s1. The molecule has 7 amide bonds. The zero-order chi connectivity index (χ0) is 41.5. The van der Waals surface area contributed by atoms with Gasteiger partial charge in [0, 0.05) is 37.8 Å². The van der Waals surface area contributed by atoms with Gasteiger partial charge in [0.1, 0.15) is 33.9 Å². The van der Waals surface area contributed by atoms with E-state index in [0.717, 1.165) is 12.1 Å². The topological polar surface area (TPSA) is 259 Å². The Labute approximate surface area is 330 Å². The number of aromatic hydroxyl groups is 3. The summed E-state index contributed by atoms with van der Waals surface area (Å²) in [6, 6.07) is 2.44. The summed E-state index contributed by atoms with van der Waals surface area (Å²) in [5.74, 6) is -12.5. The molecule has 2 saturated heterocycles. The zero-order valence-electron chi connectivity index (χ0n) is 29.2. The highest BCUT2D eigenvalue weighted by atomic mass is 35.5. The van der Waals surface area contributed by atoms with Crippen molar-refractivity contribution in [2.75, 3.05) is 31.5 Å². The van der Waals surface area contributed by atoms with Gasteiger partial charge in [-0.15, -0.1) is 0 Å². The number of phenols is 3. The number of hydrogen-bond acceptors (Lipinski definition) is 11. The molecule has 23 heteroatoms. The van der Waals surface area contributed by atoms with Gasteiger partial charge >= 0.3 is 37.0 Å². The Bertz CT molecular complexity index is 2200.